The van der Waals surface area contributed by atoms with Crippen molar-refractivity contribution in [2.24, 2.45) is 0 Å². The van der Waals surface area contributed by atoms with Crippen molar-refractivity contribution in [3.05, 3.63) is 48.2 Å². The summed E-state index contributed by atoms with van der Waals surface area (Å²) in [7, 11) is 0. The van der Waals surface area contributed by atoms with Gasteiger partial charge in [-0.15, -0.1) is 0 Å². The van der Waals surface area contributed by atoms with Crippen LogP contribution in [-0.4, -0.2) is 65.2 Å². The third-order valence-corrected chi connectivity index (χ3v) is 5.72. The fourth-order valence-electron chi connectivity index (χ4n) is 4.15. The molecule has 27 heavy (non-hydrogen) atoms. The molecule has 0 unspecified atom stereocenters. The summed E-state index contributed by atoms with van der Waals surface area (Å²) in [5.41, 5.74) is 4.24. The van der Waals surface area contributed by atoms with Crippen molar-refractivity contribution in [3.8, 4) is 0 Å². The van der Waals surface area contributed by atoms with Crippen LogP contribution in [0, 0.1) is 12.7 Å². The normalized spacial score (nSPS) is 18.9. The van der Waals surface area contributed by atoms with Crippen LogP contribution in [0.5, 0.6) is 0 Å². The molecule has 2 aliphatic rings. The van der Waals surface area contributed by atoms with Gasteiger partial charge in [0.25, 0.3) is 0 Å². The SMILES string of the molecule is Cc1cc2ncnc(N3CC(N4CCN(c5ccc(F)cc5)CC4)C3)c2[nH]1. The first-order chi connectivity index (χ1) is 13.2. The Labute approximate surface area is 157 Å². The standard InChI is InChI=1S/C20H23FN6/c1-14-10-18-19(24-14)20(23-13-22-18)27-11-17(12-27)26-8-6-25(7-9-26)16-4-2-15(21)3-5-16/h2-5,10,13,17,24H,6-9,11-12H2,1H3. The van der Waals surface area contributed by atoms with Gasteiger partial charge in [-0.05, 0) is 37.3 Å². The van der Waals surface area contributed by atoms with E-state index in [-0.39, 0.29) is 5.82 Å². The van der Waals surface area contributed by atoms with E-state index < -0.39 is 0 Å². The number of anilines is 2. The van der Waals surface area contributed by atoms with Crippen LogP contribution in [-0.2, 0) is 0 Å². The maximum atomic E-state index is 13.1. The topological polar surface area (TPSA) is 51.3 Å². The van der Waals surface area contributed by atoms with E-state index in [1.54, 1.807) is 6.33 Å². The van der Waals surface area contributed by atoms with Crippen LogP contribution in [0.1, 0.15) is 5.69 Å². The van der Waals surface area contributed by atoms with E-state index in [1.165, 1.54) is 12.1 Å². The molecule has 5 rings (SSSR count). The number of rotatable bonds is 3. The molecule has 0 aliphatic carbocycles. The van der Waals surface area contributed by atoms with Gasteiger partial charge in [0, 0.05) is 56.7 Å². The molecule has 0 bridgehead atoms. The lowest BCUT2D eigenvalue weighted by molar-refractivity contribution is 0.157. The minimum absolute atomic E-state index is 0.178. The number of benzene rings is 1. The van der Waals surface area contributed by atoms with Gasteiger partial charge in [-0.25, -0.2) is 14.4 Å². The zero-order chi connectivity index (χ0) is 18.4. The molecule has 3 aromatic rings. The number of hydrogen-bond acceptors (Lipinski definition) is 5. The van der Waals surface area contributed by atoms with Crippen molar-refractivity contribution >= 4 is 22.5 Å². The average molecular weight is 366 g/mol. The quantitative estimate of drug-likeness (QED) is 0.772. The number of halogens is 1. The zero-order valence-electron chi connectivity index (χ0n) is 15.4. The highest BCUT2D eigenvalue weighted by atomic mass is 19.1. The number of nitrogens with one attached hydrogen (secondary N) is 1. The van der Waals surface area contributed by atoms with Gasteiger partial charge in [-0.3, -0.25) is 4.90 Å². The van der Waals surface area contributed by atoms with Crippen molar-refractivity contribution in [1.29, 1.82) is 0 Å². The number of aromatic nitrogens is 3. The molecule has 4 heterocycles. The molecule has 6 nitrogen and oxygen atoms in total. The summed E-state index contributed by atoms with van der Waals surface area (Å²) in [5.74, 6) is 0.831. The van der Waals surface area contributed by atoms with Crippen LogP contribution in [0.3, 0.4) is 0 Å². The molecule has 0 spiro atoms. The summed E-state index contributed by atoms with van der Waals surface area (Å²) in [5, 5.41) is 0. The molecule has 0 saturated carbocycles. The maximum Gasteiger partial charge on any atom is 0.156 e. The number of piperazine rings is 1. The molecule has 1 N–H and O–H groups in total. The lowest BCUT2D eigenvalue weighted by Gasteiger charge is -2.48. The minimum atomic E-state index is -0.178. The lowest BCUT2D eigenvalue weighted by Crippen LogP contribution is -2.63. The Morgan fingerprint density at radius 3 is 2.48 bits per heavy atom. The molecule has 0 radical (unpaired) electrons. The molecule has 0 atom stereocenters. The molecule has 140 valence electrons. The summed E-state index contributed by atoms with van der Waals surface area (Å²) >= 11 is 0. The number of nitrogens with zero attached hydrogens (tertiary/aromatic N) is 5. The van der Waals surface area contributed by atoms with Gasteiger partial charge in [0.1, 0.15) is 17.7 Å². The van der Waals surface area contributed by atoms with Gasteiger partial charge >= 0.3 is 0 Å². The van der Waals surface area contributed by atoms with Crippen molar-refractivity contribution < 1.29 is 4.39 Å². The van der Waals surface area contributed by atoms with Crippen LogP contribution in [0.15, 0.2) is 36.7 Å². The smallest absolute Gasteiger partial charge is 0.156 e. The Balaban J connectivity index is 1.20. The molecule has 0 amide bonds. The van der Waals surface area contributed by atoms with Crippen LogP contribution < -0.4 is 9.80 Å². The summed E-state index contributed by atoms with van der Waals surface area (Å²) in [6.45, 7) is 8.09. The van der Waals surface area contributed by atoms with E-state index in [2.05, 4.69) is 35.7 Å². The van der Waals surface area contributed by atoms with Crippen molar-refractivity contribution in [1.82, 2.24) is 19.9 Å². The van der Waals surface area contributed by atoms with Gasteiger partial charge in [0.15, 0.2) is 5.82 Å². The highest BCUT2D eigenvalue weighted by Gasteiger charge is 2.35. The number of aromatic amines is 1. The second-order valence-corrected chi connectivity index (χ2v) is 7.47. The number of H-pyrrole nitrogens is 1. The highest BCUT2D eigenvalue weighted by Crippen LogP contribution is 2.29. The van der Waals surface area contributed by atoms with Gasteiger partial charge in [-0.1, -0.05) is 0 Å². The van der Waals surface area contributed by atoms with Crippen molar-refractivity contribution in [2.45, 2.75) is 13.0 Å². The van der Waals surface area contributed by atoms with E-state index in [1.807, 2.05) is 19.1 Å². The summed E-state index contributed by atoms with van der Waals surface area (Å²) in [6.07, 6.45) is 1.65. The highest BCUT2D eigenvalue weighted by molar-refractivity contribution is 5.87. The molecular weight excluding hydrogens is 343 g/mol. The van der Waals surface area contributed by atoms with Crippen LogP contribution in [0.4, 0.5) is 15.9 Å². The zero-order valence-corrected chi connectivity index (χ0v) is 15.4. The molecule has 2 aliphatic heterocycles. The average Bonchev–Trinajstić information content (AvgIpc) is 3.03. The van der Waals surface area contributed by atoms with Crippen LogP contribution >= 0.6 is 0 Å². The third-order valence-electron chi connectivity index (χ3n) is 5.72. The second-order valence-electron chi connectivity index (χ2n) is 7.47. The Morgan fingerprint density at radius 2 is 1.74 bits per heavy atom. The summed E-state index contributed by atoms with van der Waals surface area (Å²) < 4.78 is 13.1. The Bertz CT molecular complexity index is 939. The van der Waals surface area contributed by atoms with Gasteiger partial charge in [-0.2, -0.15) is 0 Å². The Hall–Kier alpha value is -2.67. The molecule has 7 heteroatoms. The molecule has 2 fully saturated rings. The van der Waals surface area contributed by atoms with E-state index in [9.17, 15) is 4.39 Å². The summed E-state index contributed by atoms with van der Waals surface area (Å²) in [6, 6.07) is 9.45. The number of hydrogen-bond donors (Lipinski definition) is 1. The van der Waals surface area contributed by atoms with E-state index in [0.29, 0.717) is 6.04 Å². The Morgan fingerprint density at radius 1 is 1.00 bits per heavy atom. The first-order valence-corrected chi connectivity index (χ1v) is 9.47. The van der Waals surface area contributed by atoms with Gasteiger partial charge in [0.05, 0.1) is 5.52 Å². The van der Waals surface area contributed by atoms with E-state index in [4.69, 9.17) is 0 Å². The first-order valence-electron chi connectivity index (χ1n) is 9.47. The van der Waals surface area contributed by atoms with Crippen molar-refractivity contribution in [2.75, 3.05) is 49.1 Å². The summed E-state index contributed by atoms with van der Waals surface area (Å²) in [4.78, 5) is 19.5. The van der Waals surface area contributed by atoms with Crippen LogP contribution in [0.2, 0.25) is 0 Å². The predicted molar refractivity (Wildman–Crippen MR) is 105 cm³/mol. The van der Waals surface area contributed by atoms with Crippen molar-refractivity contribution in [3.63, 3.8) is 0 Å². The molecule has 2 aromatic heterocycles. The third kappa shape index (κ3) is 3.02. The molecular formula is C20H23FN6. The molecule has 1 aromatic carbocycles. The lowest BCUT2D eigenvalue weighted by atomic mass is 10.1. The largest absolute Gasteiger partial charge is 0.369 e. The Kier molecular flexibility index (Phi) is 3.97. The first kappa shape index (κ1) is 16.5. The maximum absolute atomic E-state index is 13.1. The fraction of sp³-hybridized carbons (Fsp3) is 0.400. The fourth-order valence-corrected chi connectivity index (χ4v) is 4.15. The van der Waals surface area contributed by atoms with Crippen LogP contribution in [0.25, 0.3) is 11.0 Å². The van der Waals surface area contributed by atoms with Gasteiger partial charge in [0.2, 0.25) is 0 Å². The van der Waals surface area contributed by atoms with E-state index in [0.717, 1.165) is 67.5 Å². The number of fused-ring (bicyclic) bond motifs is 1. The van der Waals surface area contributed by atoms with Gasteiger partial charge < -0.3 is 14.8 Å². The monoisotopic (exact) mass is 366 g/mol. The number of aryl methyl sites for hydroxylation is 1. The second kappa shape index (κ2) is 6.49. The molecule has 2 saturated heterocycles. The minimum Gasteiger partial charge on any atom is -0.369 e. The van der Waals surface area contributed by atoms with E-state index >= 15 is 0 Å². The predicted octanol–water partition coefficient (Wildman–Crippen LogP) is 2.42.